The van der Waals surface area contributed by atoms with Gasteiger partial charge in [-0.25, -0.2) is 4.79 Å². The van der Waals surface area contributed by atoms with Crippen LogP contribution in [0.4, 0.5) is 4.79 Å². The molecule has 0 aromatic carbocycles. The first-order chi connectivity index (χ1) is 6.31. The molecule has 0 aliphatic rings. The van der Waals surface area contributed by atoms with Crippen LogP contribution in [0.1, 0.15) is 20.8 Å². The number of hydrogen-bond acceptors (Lipinski definition) is 2. The number of hydrogen-bond donors (Lipinski definition) is 2. The van der Waals surface area contributed by atoms with Gasteiger partial charge in [-0.2, -0.15) is 0 Å². The molecule has 82 valence electrons. The molecule has 0 atom stereocenters. The van der Waals surface area contributed by atoms with Crippen LogP contribution < -0.4 is 11.1 Å². The molecule has 0 fully saturated rings. The first kappa shape index (κ1) is 13.2. The maximum atomic E-state index is 11.4. The van der Waals surface area contributed by atoms with Gasteiger partial charge in [-0.1, -0.05) is 26.1 Å². The quantitative estimate of drug-likeness (QED) is 0.690. The monoisotopic (exact) mass is 217 g/mol. The minimum absolute atomic E-state index is 0.100. The Bertz CT molecular complexity index is 228. The van der Waals surface area contributed by atoms with E-state index in [4.69, 9.17) is 18.0 Å². The molecule has 0 aliphatic carbocycles. The van der Waals surface area contributed by atoms with Crippen LogP contribution >= 0.6 is 12.2 Å². The highest BCUT2D eigenvalue weighted by atomic mass is 32.1. The number of carbonyl (C=O) groups excluding carboxylic acids is 1. The number of thiocarbonyl (C=S) groups is 1. The van der Waals surface area contributed by atoms with E-state index >= 15 is 0 Å². The molecule has 0 aromatic heterocycles. The smallest absolute Gasteiger partial charge is 0.317 e. The van der Waals surface area contributed by atoms with Crippen molar-refractivity contribution in [1.29, 1.82) is 0 Å². The Hall–Kier alpha value is -0.840. The lowest BCUT2D eigenvalue weighted by molar-refractivity contribution is 0.208. The second-order valence-electron chi connectivity index (χ2n) is 3.92. The number of nitrogens with one attached hydrogen (secondary N) is 1. The molecule has 3 N–H and O–H groups in total. The van der Waals surface area contributed by atoms with E-state index in [0.29, 0.717) is 18.1 Å². The molecule has 0 unspecified atom stereocenters. The number of amides is 2. The Morgan fingerprint density at radius 2 is 2.07 bits per heavy atom. The number of carbonyl (C=O) groups is 1. The van der Waals surface area contributed by atoms with Crippen molar-refractivity contribution < 1.29 is 4.79 Å². The molecule has 2 amide bonds. The van der Waals surface area contributed by atoms with Gasteiger partial charge in [0.05, 0.1) is 4.99 Å². The van der Waals surface area contributed by atoms with E-state index in [-0.39, 0.29) is 11.4 Å². The third-order valence-corrected chi connectivity index (χ3v) is 2.72. The molecule has 4 nitrogen and oxygen atoms in total. The lowest BCUT2D eigenvalue weighted by atomic mass is 9.94. The van der Waals surface area contributed by atoms with E-state index in [2.05, 4.69) is 5.32 Å². The van der Waals surface area contributed by atoms with E-state index in [0.717, 1.165) is 0 Å². The second-order valence-corrected chi connectivity index (χ2v) is 4.36. The Kier molecular flexibility index (Phi) is 4.83. The summed E-state index contributed by atoms with van der Waals surface area (Å²) < 4.78 is 0. The highest BCUT2D eigenvalue weighted by Gasteiger charge is 2.22. The average molecular weight is 217 g/mol. The highest BCUT2D eigenvalue weighted by molar-refractivity contribution is 7.80. The normalized spacial score (nSPS) is 10.9. The van der Waals surface area contributed by atoms with Gasteiger partial charge in [0.25, 0.3) is 0 Å². The van der Waals surface area contributed by atoms with Crippen molar-refractivity contribution in [3.8, 4) is 0 Å². The first-order valence-electron chi connectivity index (χ1n) is 4.60. The minimum atomic E-state index is -0.334. The van der Waals surface area contributed by atoms with Gasteiger partial charge in [0.15, 0.2) is 0 Å². The first-order valence-corrected chi connectivity index (χ1v) is 5.01. The van der Waals surface area contributed by atoms with Crippen LogP contribution in [0.15, 0.2) is 0 Å². The minimum Gasteiger partial charge on any atom is -0.393 e. The van der Waals surface area contributed by atoms with Crippen LogP contribution in [-0.4, -0.2) is 36.1 Å². The van der Waals surface area contributed by atoms with Crippen LogP contribution in [0, 0.1) is 5.41 Å². The van der Waals surface area contributed by atoms with Crippen molar-refractivity contribution in [3.05, 3.63) is 0 Å². The zero-order valence-corrected chi connectivity index (χ0v) is 10.1. The Morgan fingerprint density at radius 3 is 2.43 bits per heavy atom. The Labute approximate surface area is 90.8 Å². The highest BCUT2D eigenvalue weighted by Crippen LogP contribution is 2.13. The summed E-state index contributed by atoms with van der Waals surface area (Å²) in [4.78, 5) is 13.4. The van der Waals surface area contributed by atoms with Crippen molar-refractivity contribution in [2.45, 2.75) is 20.8 Å². The zero-order valence-electron chi connectivity index (χ0n) is 9.26. The van der Waals surface area contributed by atoms with Gasteiger partial charge in [0.1, 0.15) is 0 Å². The Balaban J connectivity index is 4.06. The number of nitrogens with two attached hydrogens (primary N) is 1. The van der Waals surface area contributed by atoms with Gasteiger partial charge < -0.3 is 16.0 Å². The molecule has 5 heteroatoms. The summed E-state index contributed by atoms with van der Waals surface area (Å²) in [5, 5.41) is 2.77. The van der Waals surface area contributed by atoms with Gasteiger partial charge in [0, 0.05) is 25.6 Å². The van der Waals surface area contributed by atoms with E-state index in [1.807, 2.05) is 20.8 Å². The molecule has 0 heterocycles. The van der Waals surface area contributed by atoms with Crippen molar-refractivity contribution in [2.24, 2.45) is 11.1 Å². The average Bonchev–Trinajstić information content (AvgIpc) is 2.12. The third kappa shape index (κ3) is 3.91. The summed E-state index contributed by atoms with van der Waals surface area (Å²) >= 11 is 4.89. The molecule has 0 aromatic rings. The van der Waals surface area contributed by atoms with Gasteiger partial charge in [-0.15, -0.1) is 0 Å². The predicted molar refractivity (Wildman–Crippen MR) is 62.3 cm³/mol. The van der Waals surface area contributed by atoms with Crippen LogP contribution in [0.2, 0.25) is 0 Å². The molecule has 0 saturated carbocycles. The fourth-order valence-electron chi connectivity index (χ4n) is 0.662. The van der Waals surface area contributed by atoms with Crippen molar-refractivity contribution in [3.63, 3.8) is 0 Å². The van der Waals surface area contributed by atoms with Crippen molar-refractivity contribution in [1.82, 2.24) is 10.2 Å². The number of nitrogens with zero attached hydrogens (tertiary/aromatic N) is 1. The van der Waals surface area contributed by atoms with Gasteiger partial charge >= 0.3 is 6.03 Å². The fraction of sp³-hybridized carbons (Fsp3) is 0.778. The maximum absolute atomic E-state index is 11.4. The summed E-state index contributed by atoms with van der Waals surface area (Å²) in [6.07, 6.45) is 0. The molecule has 0 radical (unpaired) electrons. The van der Waals surface area contributed by atoms with Gasteiger partial charge in [-0.3, -0.25) is 0 Å². The number of urea groups is 1. The molecule has 0 aliphatic heterocycles. The summed E-state index contributed by atoms with van der Waals surface area (Å²) in [6, 6.07) is -0.100. The van der Waals surface area contributed by atoms with Crippen LogP contribution in [0.3, 0.4) is 0 Å². The zero-order chi connectivity index (χ0) is 11.4. The van der Waals surface area contributed by atoms with Gasteiger partial charge in [-0.05, 0) is 6.92 Å². The van der Waals surface area contributed by atoms with Crippen LogP contribution in [-0.2, 0) is 0 Å². The summed E-state index contributed by atoms with van der Waals surface area (Å²) in [5.74, 6) is 0. The largest absolute Gasteiger partial charge is 0.393 e. The topological polar surface area (TPSA) is 58.4 Å². The van der Waals surface area contributed by atoms with E-state index < -0.39 is 0 Å². The predicted octanol–water partition coefficient (Wildman–Crippen LogP) is 0.960. The molecule has 0 spiro atoms. The van der Waals surface area contributed by atoms with Crippen molar-refractivity contribution >= 4 is 23.2 Å². The molecular weight excluding hydrogens is 198 g/mol. The van der Waals surface area contributed by atoms with Crippen LogP contribution in [0.5, 0.6) is 0 Å². The number of rotatable bonds is 4. The SMILES string of the molecule is CCN(C)C(=O)NCC(C)(C)C(N)=S. The maximum Gasteiger partial charge on any atom is 0.317 e. The van der Waals surface area contributed by atoms with Crippen LogP contribution in [0.25, 0.3) is 0 Å². The fourth-order valence-corrected chi connectivity index (χ4v) is 0.734. The second kappa shape index (κ2) is 5.14. The standard InChI is InChI=1S/C9H19N3OS/c1-5-12(4)8(13)11-6-9(2,3)7(10)14/h5-6H2,1-4H3,(H2,10,14)(H,11,13). The molecule has 0 rings (SSSR count). The molecule has 0 saturated heterocycles. The molecule has 0 bridgehead atoms. The molecular formula is C9H19N3OS. The summed E-state index contributed by atoms with van der Waals surface area (Å²) in [6.45, 7) is 6.87. The van der Waals surface area contributed by atoms with Crippen molar-refractivity contribution in [2.75, 3.05) is 20.1 Å². The van der Waals surface area contributed by atoms with E-state index in [1.54, 1.807) is 11.9 Å². The Morgan fingerprint density at radius 1 is 1.57 bits per heavy atom. The van der Waals surface area contributed by atoms with Gasteiger partial charge in [0.2, 0.25) is 0 Å². The lowest BCUT2D eigenvalue weighted by Crippen LogP contribution is -2.45. The van der Waals surface area contributed by atoms with E-state index in [9.17, 15) is 4.79 Å². The summed E-state index contributed by atoms with van der Waals surface area (Å²) in [7, 11) is 1.74. The third-order valence-electron chi connectivity index (χ3n) is 2.17. The lowest BCUT2D eigenvalue weighted by Gasteiger charge is -2.25. The van der Waals surface area contributed by atoms with E-state index in [1.165, 1.54) is 0 Å². The summed E-state index contributed by atoms with van der Waals surface area (Å²) in [5.41, 5.74) is 5.20. The molecule has 14 heavy (non-hydrogen) atoms.